The molecule has 0 aliphatic rings. The van der Waals surface area contributed by atoms with Crippen LogP contribution >= 0.6 is 11.3 Å². The molecule has 0 saturated carbocycles. The second kappa shape index (κ2) is 5.16. The van der Waals surface area contributed by atoms with Crippen molar-refractivity contribution in [1.82, 2.24) is 9.78 Å². The zero-order valence-corrected chi connectivity index (χ0v) is 11.7. The highest BCUT2D eigenvalue weighted by Gasteiger charge is 2.33. The Kier molecular flexibility index (Phi) is 3.46. The number of thiophene rings is 1. The van der Waals surface area contributed by atoms with E-state index in [0.717, 1.165) is 26.6 Å². The van der Waals surface area contributed by atoms with Crippen LogP contribution < -0.4 is 5.73 Å². The maximum atomic E-state index is 12.6. The second-order valence-electron chi connectivity index (χ2n) is 4.60. The fourth-order valence-electron chi connectivity index (χ4n) is 2.25. The summed E-state index contributed by atoms with van der Waals surface area (Å²) in [6.45, 7) is 0.648. The Morgan fingerprint density at radius 2 is 1.95 bits per heavy atom. The number of nitrogens with two attached hydrogens (primary N) is 1. The zero-order valence-electron chi connectivity index (χ0n) is 10.9. The van der Waals surface area contributed by atoms with Gasteiger partial charge in [0.15, 0.2) is 5.69 Å². The summed E-state index contributed by atoms with van der Waals surface area (Å²) in [5, 5.41) is 4.61. The smallest absolute Gasteiger partial charge is 0.326 e. The first-order valence-corrected chi connectivity index (χ1v) is 7.10. The maximum absolute atomic E-state index is 12.6. The molecule has 3 aromatic rings. The normalized spacial score (nSPS) is 12.2. The summed E-state index contributed by atoms with van der Waals surface area (Å²) in [4.78, 5) is 0.972. The molecule has 1 aromatic carbocycles. The molecule has 21 heavy (non-hydrogen) atoms. The number of benzene rings is 1. The van der Waals surface area contributed by atoms with Gasteiger partial charge in [0.05, 0.1) is 6.54 Å². The van der Waals surface area contributed by atoms with Gasteiger partial charge in [0.2, 0.25) is 0 Å². The number of fused-ring (bicyclic) bond motifs is 1. The van der Waals surface area contributed by atoms with Crippen LogP contribution in [-0.2, 0) is 19.3 Å². The molecule has 110 valence electrons. The predicted molar refractivity (Wildman–Crippen MR) is 76.0 cm³/mol. The third-order valence-electron chi connectivity index (χ3n) is 3.22. The van der Waals surface area contributed by atoms with Gasteiger partial charge < -0.3 is 5.73 Å². The number of aromatic nitrogens is 2. The van der Waals surface area contributed by atoms with Crippen molar-refractivity contribution in [1.29, 1.82) is 0 Å². The van der Waals surface area contributed by atoms with E-state index in [1.165, 1.54) is 10.9 Å². The summed E-state index contributed by atoms with van der Waals surface area (Å²) in [6.07, 6.45) is -3.08. The van der Waals surface area contributed by atoms with Crippen LogP contribution in [0.3, 0.4) is 0 Å². The number of alkyl halides is 3. The van der Waals surface area contributed by atoms with E-state index in [9.17, 15) is 13.2 Å². The van der Waals surface area contributed by atoms with Gasteiger partial charge in [-0.25, -0.2) is 0 Å². The first kappa shape index (κ1) is 14.1. The van der Waals surface area contributed by atoms with E-state index in [-0.39, 0.29) is 6.54 Å². The molecule has 2 aromatic heterocycles. The Hall–Kier alpha value is -1.86. The summed E-state index contributed by atoms with van der Waals surface area (Å²) in [5.41, 5.74) is 5.80. The van der Waals surface area contributed by atoms with Crippen molar-refractivity contribution in [2.75, 3.05) is 0 Å². The topological polar surface area (TPSA) is 43.8 Å². The molecule has 0 saturated heterocycles. The molecule has 3 rings (SSSR count). The maximum Gasteiger partial charge on any atom is 0.435 e. The molecule has 0 unspecified atom stereocenters. The van der Waals surface area contributed by atoms with Crippen molar-refractivity contribution in [2.45, 2.75) is 19.3 Å². The molecule has 0 amide bonds. The number of nitrogens with zero attached hydrogens (tertiary/aromatic N) is 2. The van der Waals surface area contributed by atoms with Gasteiger partial charge in [-0.05, 0) is 23.1 Å². The monoisotopic (exact) mass is 311 g/mol. The number of hydrogen-bond donors (Lipinski definition) is 1. The lowest BCUT2D eigenvalue weighted by Crippen LogP contribution is -2.09. The minimum atomic E-state index is -4.42. The average Bonchev–Trinajstić information content (AvgIpc) is 3.04. The number of halogens is 3. The average molecular weight is 311 g/mol. The first-order valence-electron chi connectivity index (χ1n) is 6.29. The summed E-state index contributed by atoms with van der Waals surface area (Å²) in [6, 6.07) is 8.75. The standard InChI is InChI=1S/C14H12F3N3S/c15-14(16,17)13-5-6-20(19-13)8-10-9-3-1-2-4-11(9)21-12(10)7-18/h1-6H,7-8,18H2. The highest BCUT2D eigenvalue weighted by Crippen LogP contribution is 2.32. The molecule has 0 aliphatic heterocycles. The quantitative estimate of drug-likeness (QED) is 0.803. The van der Waals surface area contributed by atoms with Gasteiger partial charge in [-0.3, -0.25) is 4.68 Å². The van der Waals surface area contributed by atoms with E-state index >= 15 is 0 Å². The summed E-state index contributed by atoms with van der Waals surface area (Å²) < 4.78 is 40.1. The van der Waals surface area contributed by atoms with Crippen molar-refractivity contribution in [2.24, 2.45) is 5.73 Å². The van der Waals surface area contributed by atoms with Gasteiger partial charge in [0.25, 0.3) is 0 Å². The molecular weight excluding hydrogens is 299 g/mol. The van der Waals surface area contributed by atoms with Crippen LogP contribution in [0.25, 0.3) is 10.1 Å². The molecule has 0 fully saturated rings. The predicted octanol–water partition coefficient (Wildman–Crippen LogP) is 3.62. The van der Waals surface area contributed by atoms with Gasteiger partial charge in [-0.15, -0.1) is 11.3 Å². The number of rotatable bonds is 3. The Bertz CT molecular complexity index is 773. The molecule has 3 nitrogen and oxygen atoms in total. The molecule has 2 N–H and O–H groups in total. The molecule has 7 heteroatoms. The van der Waals surface area contributed by atoms with Crippen LogP contribution in [0.15, 0.2) is 36.5 Å². The van der Waals surface area contributed by atoms with E-state index in [1.54, 1.807) is 11.3 Å². The van der Waals surface area contributed by atoms with Crippen molar-refractivity contribution in [3.05, 3.63) is 52.7 Å². The van der Waals surface area contributed by atoms with Gasteiger partial charge >= 0.3 is 6.18 Å². The van der Waals surface area contributed by atoms with Crippen molar-refractivity contribution in [3.8, 4) is 0 Å². The Morgan fingerprint density at radius 1 is 1.19 bits per heavy atom. The van der Waals surface area contributed by atoms with E-state index in [2.05, 4.69) is 5.10 Å². The highest BCUT2D eigenvalue weighted by atomic mass is 32.1. The zero-order chi connectivity index (χ0) is 15.0. The van der Waals surface area contributed by atoms with Crippen LogP contribution in [0.2, 0.25) is 0 Å². The van der Waals surface area contributed by atoms with Crippen LogP contribution in [-0.4, -0.2) is 9.78 Å². The lowest BCUT2D eigenvalue weighted by molar-refractivity contribution is -0.141. The largest absolute Gasteiger partial charge is 0.435 e. The Balaban J connectivity index is 1.99. The molecule has 2 heterocycles. The molecule has 0 aliphatic carbocycles. The first-order chi connectivity index (χ1) is 9.99. The second-order valence-corrected chi connectivity index (χ2v) is 5.74. The SMILES string of the molecule is NCc1sc2ccccc2c1Cn1ccc(C(F)(F)F)n1. The van der Waals surface area contributed by atoms with Crippen molar-refractivity contribution < 1.29 is 13.2 Å². The van der Waals surface area contributed by atoms with E-state index < -0.39 is 11.9 Å². The van der Waals surface area contributed by atoms with E-state index in [4.69, 9.17) is 5.73 Å². The minimum Gasteiger partial charge on any atom is -0.326 e. The molecule has 0 spiro atoms. The highest BCUT2D eigenvalue weighted by molar-refractivity contribution is 7.19. The summed E-state index contributed by atoms with van der Waals surface area (Å²) in [5.74, 6) is 0. The van der Waals surface area contributed by atoms with Crippen LogP contribution in [0.1, 0.15) is 16.1 Å². The fourth-order valence-corrected chi connectivity index (χ4v) is 3.34. The molecule has 0 radical (unpaired) electrons. The Labute approximate surface area is 122 Å². The molecule has 0 bridgehead atoms. The number of hydrogen-bond acceptors (Lipinski definition) is 3. The van der Waals surface area contributed by atoms with E-state index in [1.807, 2.05) is 24.3 Å². The lowest BCUT2D eigenvalue weighted by atomic mass is 10.1. The van der Waals surface area contributed by atoms with Gasteiger partial charge in [-0.1, -0.05) is 18.2 Å². The van der Waals surface area contributed by atoms with Crippen LogP contribution in [0.5, 0.6) is 0 Å². The van der Waals surface area contributed by atoms with Crippen molar-refractivity contribution >= 4 is 21.4 Å². The van der Waals surface area contributed by atoms with Crippen LogP contribution in [0.4, 0.5) is 13.2 Å². The molecule has 0 atom stereocenters. The lowest BCUT2D eigenvalue weighted by Gasteiger charge is -2.05. The van der Waals surface area contributed by atoms with Gasteiger partial charge in [0, 0.05) is 22.3 Å². The third kappa shape index (κ3) is 2.66. The van der Waals surface area contributed by atoms with Crippen molar-refractivity contribution in [3.63, 3.8) is 0 Å². The minimum absolute atomic E-state index is 0.284. The third-order valence-corrected chi connectivity index (χ3v) is 4.45. The molecular formula is C14H12F3N3S. The Morgan fingerprint density at radius 3 is 2.62 bits per heavy atom. The van der Waals surface area contributed by atoms with E-state index in [0.29, 0.717) is 6.54 Å². The summed E-state index contributed by atoms with van der Waals surface area (Å²) in [7, 11) is 0. The van der Waals surface area contributed by atoms with Gasteiger partial charge in [-0.2, -0.15) is 18.3 Å². The van der Waals surface area contributed by atoms with Gasteiger partial charge in [0.1, 0.15) is 0 Å². The van der Waals surface area contributed by atoms with Crippen LogP contribution in [0, 0.1) is 0 Å². The fraction of sp³-hybridized carbons (Fsp3) is 0.214. The summed E-state index contributed by atoms with van der Waals surface area (Å²) >= 11 is 1.57.